The molecule has 7 heteroatoms. The summed E-state index contributed by atoms with van der Waals surface area (Å²) in [7, 11) is 0. The summed E-state index contributed by atoms with van der Waals surface area (Å²) in [5.74, 6) is 1.20. The van der Waals surface area contributed by atoms with Crippen molar-refractivity contribution in [1.29, 1.82) is 0 Å². The van der Waals surface area contributed by atoms with Gasteiger partial charge in [0, 0.05) is 41.7 Å². The van der Waals surface area contributed by atoms with Crippen LogP contribution in [0.15, 0.2) is 66.2 Å². The molecule has 6 nitrogen and oxygen atoms in total. The summed E-state index contributed by atoms with van der Waals surface area (Å²) in [6.45, 7) is 0.477. The highest BCUT2D eigenvalue weighted by Gasteiger charge is 2.26. The molecule has 1 amide bonds. The molecule has 3 aromatic rings. The lowest BCUT2D eigenvalue weighted by Crippen LogP contribution is -2.35. The van der Waals surface area contributed by atoms with Crippen molar-refractivity contribution in [3.05, 3.63) is 66.9 Å². The van der Waals surface area contributed by atoms with Gasteiger partial charge in [0.05, 0.1) is 24.2 Å². The third-order valence-electron chi connectivity index (χ3n) is 4.21. The minimum absolute atomic E-state index is 0.00878. The number of aromatic nitrogens is 3. The zero-order valence-electron chi connectivity index (χ0n) is 14.5. The number of amides is 1. The molecule has 0 aliphatic carbocycles. The quantitative estimate of drug-likeness (QED) is 0.665. The molecule has 1 aliphatic rings. The van der Waals surface area contributed by atoms with E-state index >= 15 is 0 Å². The third-order valence-corrected chi connectivity index (χ3v) is 5.23. The van der Waals surface area contributed by atoms with Crippen molar-refractivity contribution in [1.82, 2.24) is 20.3 Å². The lowest BCUT2D eigenvalue weighted by Gasteiger charge is -2.13. The molecule has 0 fully saturated rings. The molecule has 2 aromatic heterocycles. The fourth-order valence-electron chi connectivity index (χ4n) is 2.95. The number of ether oxygens (including phenoxy) is 1. The van der Waals surface area contributed by atoms with Crippen LogP contribution in [0.5, 0.6) is 5.75 Å². The van der Waals surface area contributed by atoms with Crippen LogP contribution >= 0.6 is 11.8 Å². The van der Waals surface area contributed by atoms with Gasteiger partial charge in [-0.2, -0.15) is 0 Å². The minimum Gasteiger partial charge on any atom is -0.487 e. The van der Waals surface area contributed by atoms with Crippen molar-refractivity contribution < 1.29 is 9.53 Å². The van der Waals surface area contributed by atoms with Crippen molar-refractivity contribution in [2.45, 2.75) is 17.4 Å². The molecule has 1 atom stereocenters. The summed E-state index contributed by atoms with van der Waals surface area (Å²) in [4.78, 5) is 25.6. The van der Waals surface area contributed by atoms with Crippen molar-refractivity contribution in [2.24, 2.45) is 0 Å². The molecule has 1 aromatic carbocycles. The van der Waals surface area contributed by atoms with Gasteiger partial charge in [-0.1, -0.05) is 12.1 Å². The molecule has 0 spiro atoms. The highest BCUT2D eigenvalue weighted by molar-refractivity contribution is 8.00. The van der Waals surface area contributed by atoms with Crippen LogP contribution in [-0.4, -0.2) is 39.3 Å². The maximum Gasteiger partial charge on any atom is 0.230 e. The van der Waals surface area contributed by atoms with Crippen LogP contribution in [0, 0.1) is 0 Å². The van der Waals surface area contributed by atoms with Gasteiger partial charge < -0.3 is 10.1 Å². The summed E-state index contributed by atoms with van der Waals surface area (Å²) in [5.41, 5.74) is 2.85. The third kappa shape index (κ3) is 4.25. The number of benzene rings is 1. The number of hydrogen-bond acceptors (Lipinski definition) is 6. The lowest BCUT2D eigenvalue weighted by molar-refractivity contribution is -0.118. The number of carbonyl (C=O) groups excluding carboxylic acids is 1. The van der Waals surface area contributed by atoms with Gasteiger partial charge in [-0.15, -0.1) is 11.8 Å². The summed E-state index contributed by atoms with van der Waals surface area (Å²) in [5, 5.41) is 2.96. The van der Waals surface area contributed by atoms with E-state index in [9.17, 15) is 4.79 Å². The van der Waals surface area contributed by atoms with Gasteiger partial charge in [-0.05, 0) is 23.8 Å². The lowest BCUT2D eigenvalue weighted by atomic mass is 10.0. The smallest absolute Gasteiger partial charge is 0.230 e. The Bertz CT molecular complexity index is 922. The Morgan fingerprint density at radius 1 is 1.15 bits per heavy atom. The molecule has 136 valence electrons. The molecule has 1 unspecified atom stereocenters. The van der Waals surface area contributed by atoms with Crippen molar-refractivity contribution in [2.75, 3.05) is 12.3 Å². The summed E-state index contributed by atoms with van der Waals surface area (Å²) in [6, 6.07) is 9.81. The van der Waals surface area contributed by atoms with Crippen molar-refractivity contribution in [3.8, 4) is 17.0 Å². The van der Waals surface area contributed by atoms with E-state index in [2.05, 4.69) is 26.3 Å². The zero-order chi connectivity index (χ0) is 18.5. The maximum atomic E-state index is 12.1. The standard InChI is InChI=1S/C20H18N4O2S/c25-19(13-27-16-4-6-21-7-5-16)24-11-15-10-14-2-1-3-17(20(14)26-15)18-12-22-8-9-23-18/h1-9,12,15H,10-11,13H2,(H,24,25). The molecule has 4 rings (SSSR count). The van der Waals surface area contributed by atoms with Gasteiger partial charge in [-0.3, -0.25) is 19.7 Å². The van der Waals surface area contributed by atoms with Crippen LogP contribution in [0.25, 0.3) is 11.3 Å². The highest BCUT2D eigenvalue weighted by Crippen LogP contribution is 2.37. The van der Waals surface area contributed by atoms with Crippen LogP contribution in [0.2, 0.25) is 0 Å². The number of carbonyl (C=O) groups is 1. The number of para-hydroxylation sites is 1. The number of pyridine rings is 1. The van der Waals surface area contributed by atoms with Crippen LogP contribution in [0.1, 0.15) is 5.56 Å². The number of rotatable bonds is 6. The Hall–Kier alpha value is -2.93. The number of fused-ring (bicyclic) bond motifs is 1. The first-order valence-corrected chi connectivity index (χ1v) is 9.62. The predicted molar refractivity (Wildman–Crippen MR) is 104 cm³/mol. The fraction of sp³-hybridized carbons (Fsp3) is 0.200. The van der Waals surface area contributed by atoms with Gasteiger partial charge >= 0.3 is 0 Å². The van der Waals surface area contributed by atoms with Gasteiger partial charge in [0.15, 0.2) is 0 Å². The summed E-state index contributed by atoms with van der Waals surface area (Å²) in [6.07, 6.45) is 9.17. The molecular weight excluding hydrogens is 360 g/mol. The number of nitrogens with one attached hydrogen (secondary N) is 1. The molecule has 1 N–H and O–H groups in total. The van der Waals surface area contributed by atoms with Crippen LogP contribution < -0.4 is 10.1 Å². The van der Waals surface area contributed by atoms with Gasteiger partial charge in [0.1, 0.15) is 11.9 Å². The average Bonchev–Trinajstić information content (AvgIpc) is 3.15. The molecule has 0 bridgehead atoms. The Morgan fingerprint density at radius 2 is 2.04 bits per heavy atom. The summed E-state index contributed by atoms with van der Waals surface area (Å²) >= 11 is 1.49. The molecule has 0 saturated heterocycles. The normalized spacial score (nSPS) is 15.0. The van der Waals surface area contributed by atoms with Crippen LogP contribution in [-0.2, 0) is 11.2 Å². The SMILES string of the molecule is O=C(CSc1ccncc1)NCC1Cc2cccc(-c3cnccn3)c2O1. The maximum absolute atomic E-state index is 12.1. The predicted octanol–water partition coefficient (Wildman–Crippen LogP) is 2.75. The molecule has 0 radical (unpaired) electrons. The van der Waals surface area contributed by atoms with E-state index in [0.29, 0.717) is 12.3 Å². The topological polar surface area (TPSA) is 77.0 Å². The number of thioether (sulfide) groups is 1. The molecular formula is C20H18N4O2S. The van der Waals surface area contributed by atoms with Crippen LogP contribution in [0.3, 0.4) is 0 Å². The molecule has 27 heavy (non-hydrogen) atoms. The van der Waals surface area contributed by atoms with E-state index in [1.165, 1.54) is 11.8 Å². The Balaban J connectivity index is 1.33. The van der Waals surface area contributed by atoms with E-state index in [4.69, 9.17) is 4.74 Å². The Kier molecular flexibility index (Phi) is 5.29. The second kappa shape index (κ2) is 8.18. The van der Waals surface area contributed by atoms with E-state index in [1.54, 1.807) is 31.0 Å². The van der Waals surface area contributed by atoms with Crippen molar-refractivity contribution in [3.63, 3.8) is 0 Å². The number of hydrogen-bond donors (Lipinski definition) is 1. The van der Waals surface area contributed by atoms with Gasteiger partial charge in [0.25, 0.3) is 0 Å². The molecule has 1 aliphatic heterocycles. The second-order valence-electron chi connectivity index (χ2n) is 6.10. The minimum atomic E-state index is -0.0762. The Labute approximate surface area is 161 Å². The van der Waals surface area contributed by atoms with E-state index in [-0.39, 0.29) is 12.0 Å². The monoisotopic (exact) mass is 378 g/mol. The van der Waals surface area contributed by atoms with Crippen molar-refractivity contribution >= 4 is 17.7 Å². The number of nitrogens with zero attached hydrogens (tertiary/aromatic N) is 3. The van der Waals surface area contributed by atoms with Gasteiger partial charge in [0.2, 0.25) is 5.91 Å². The first-order chi connectivity index (χ1) is 13.3. The zero-order valence-corrected chi connectivity index (χ0v) is 15.4. The van der Waals surface area contributed by atoms with E-state index < -0.39 is 0 Å². The van der Waals surface area contributed by atoms with Gasteiger partial charge in [-0.25, -0.2) is 0 Å². The highest BCUT2D eigenvalue weighted by atomic mass is 32.2. The fourth-order valence-corrected chi connectivity index (χ4v) is 3.67. The second-order valence-corrected chi connectivity index (χ2v) is 7.15. The first kappa shape index (κ1) is 17.5. The van der Waals surface area contributed by atoms with Crippen LogP contribution in [0.4, 0.5) is 0 Å². The summed E-state index contributed by atoms with van der Waals surface area (Å²) < 4.78 is 6.11. The largest absolute Gasteiger partial charge is 0.487 e. The Morgan fingerprint density at radius 3 is 2.85 bits per heavy atom. The average molecular weight is 378 g/mol. The first-order valence-electron chi connectivity index (χ1n) is 8.64. The van der Waals surface area contributed by atoms with E-state index in [0.717, 1.165) is 33.9 Å². The molecule has 0 saturated carbocycles. The van der Waals surface area contributed by atoms with E-state index in [1.807, 2.05) is 24.3 Å². The molecule has 3 heterocycles.